The van der Waals surface area contributed by atoms with Gasteiger partial charge in [0.15, 0.2) is 5.76 Å². The molecule has 4 nitrogen and oxygen atoms in total. The lowest BCUT2D eigenvalue weighted by Crippen LogP contribution is -2.39. The van der Waals surface area contributed by atoms with Crippen molar-refractivity contribution in [3.63, 3.8) is 0 Å². The van der Waals surface area contributed by atoms with Crippen LogP contribution in [0.3, 0.4) is 0 Å². The molecule has 0 amide bonds. The van der Waals surface area contributed by atoms with E-state index in [0.29, 0.717) is 11.1 Å². The molecule has 0 saturated heterocycles. The predicted molar refractivity (Wildman–Crippen MR) is 68.1 cm³/mol. The van der Waals surface area contributed by atoms with Crippen molar-refractivity contribution in [2.45, 2.75) is 32.0 Å². The largest absolute Gasteiger partial charge is 0.511 e. The van der Waals surface area contributed by atoms with Crippen LogP contribution in [0.15, 0.2) is 24.0 Å². The van der Waals surface area contributed by atoms with Gasteiger partial charge in [-0.25, -0.2) is 4.79 Å². The number of halogens is 3. The molecule has 1 atom stereocenters. The SMILES string of the molecule is CC(C)c1cccc2c1OC(C(F)(F)F)C(OC(=O)O)=C2. The minimum atomic E-state index is -4.77. The van der Waals surface area contributed by atoms with Gasteiger partial charge >= 0.3 is 12.3 Å². The van der Waals surface area contributed by atoms with E-state index in [1.54, 1.807) is 18.2 Å². The van der Waals surface area contributed by atoms with Crippen molar-refractivity contribution < 1.29 is 32.5 Å². The maximum Gasteiger partial charge on any atom is 0.511 e. The van der Waals surface area contributed by atoms with Crippen LogP contribution in [0.2, 0.25) is 0 Å². The van der Waals surface area contributed by atoms with Gasteiger partial charge in [0.1, 0.15) is 5.75 Å². The number of benzene rings is 1. The highest BCUT2D eigenvalue weighted by atomic mass is 19.4. The Labute approximate surface area is 118 Å². The molecule has 114 valence electrons. The number of para-hydroxylation sites is 1. The molecule has 1 N–H and O–H groups in total. The molecular formula is C14H13F3O4. The van der Waals surface area contributed by atoms with E-state index in [1.807, 2.05) is 13.8 Å². The fourth-order valence-corrected chi connectivity index (χ4v) is 2.09. The smallest absolute Gasteiger partial charge is 0.472 e. The van der Waals surface area contributed by atoms with E-state index in [1.165, 1.54) is 0 Å². The molecule has 1 aliphatic heterocycles. The minimum Gasteiger partial charge on any atom is -0.472 e. The Bertz CT molecular complexity index is 590. The average molecular weight is 302 g/mol. The third-order valence-corrected chi connectivity index (χ3v) is 2.99. The summed E-state index contributed by atoms with van der Waals surface area (Å²) < 4.78 is 48.3. The van der Waals surface area contributed by atoms with Crippen LogP contribution in [0.25, 0.3) is 6.08 Å². The third-order valence-electron chi connectivity index (χ3n) is 2.99. The number of alkyl halides is 3. The highest BCUT2D eigenvalue weighted by Crippen LogP contribution is 2.41. The second-order valence-corrected chi connectivity index (χ2v) is 4.87. The zero-order valence-corrected chi connectivity index (χ0v) is 11.3. The first kappa shape index (κ1) is 15.2. The Balaban J connectivity index is 2.53. The number of fused-ring (bicyclic) bond motifs is 1. The van der Waals surface area contributed by atoms with Gasteiger partial charge in [-0.3, -0.25) is 0 Å². The van der Waals surface area contributed by atoms with E-state index in [-0.39, 0.29) is 11.7 Å². The van der Waals surface area contributed by atoms with Gasteiger partial charge in [-0.15, -0.1) is 0 Å². The number of ether oxygens (including phenoxy) is 2. The molecule has 7 heteroatoms. The molecule has 1 aromatic carbocycles. The second-order valence-electron chi connectivity index (χ2n) is 4.87. The summed E-state index contributed by atoms with van der Waals surface area (Å²) in [6.07, 6.45) is -7.97. The molecule has 1 heterocycles. The van der Waals surface area contributed by atoms with Crippen LogP contribution in [0.5, 0.6) is 5.75 Å². The van der Waals surface area contributed by atoms with Crippen LogP contribution in [0, 0.1) is 0 Å². The molecule has 0 radical (unpaired) electrons. The summed E-state index contributed by atoms with van der Waals surface area (Å²) in [5, 5.41) is 8.55. The van der Waals surface area contributed by atoms with Crippen LogP contribution in [-0.2, 0) is 4.74 Å². The molecular weight excluding hydrogens is 289 g/mol. The molecule has 21 heavy (non-hydrogen) atoms. The molecule has 0 saturated carbocycles. The Morgan fingerprint density at radius 2 is 2.05 bits per heavy atom. The van der Waals surface area contributed by atoms with Crippen LogP contribution >= 0.6 is 0 Å². The molecule has 0 aromatic heterocycles. The van der Waals surface area contributed by atoms with Gasteiger partial charge in [-0.2, -0.15) is 13.2 Å². The quantitative estimate of drug-likeness (QED) is 0.833. The summed E-state index contributed by atoms with van der Waals surface area (Å²) in [7, 11) is 0. The number of hydrogen-bond donors (Lipinski definition) is 1. The molecule has 1 aromatic rings. The monoisotopic (exact) mass is 302 g/mol. The first-order valence-corrected chi connectivity index (χ1v) is 6.18. The Morgan fingerprint density at radius 1 is 1.38 bits per heavy atom. The summed E-state index contributed by atoms with van der Waals surface area (Å²) in [4.78, 5) is 10.5. The number of carbonyl (C=O) groups is 1. The van der Waals surface area contributed by atoms with Gasteiger partial charge in [-0.05, 0) is 17.6 Å². The van der Waals surface area contributed by atoms with Crippen molar-refractivity contribution in [2.24, 2.45) is 0 Å². The van der Waals surface area contributed by atoms with Gasteiger partial charge in [0.05, 0.1) is 0 Å². The minimum absolute atomic E-state index is 0.0378. The summed E-state index contributed by atoms with van der Waals surface area (Å²) in [5.41, 5.74) is 0.977. The van der Waals surface area contributed by atoms with Gasteiger partial charge in [0.2, 0.25) is 0 Å². The molecule has 0 spiro atoms. The fraction of sp³-hybridized carbons (Fsp3) is 0.357. The number of rotatable bonds is 2. The molecule has 0 fully saturated rings. The Kier molecular flexibility index (Phi) is 3.85. The summed E-state index contributed by atoms with van der Waals surface area (Å²) in [6.45, 7) is 3.66. The zero-order valence-electron chi connectivity index (χ0n) is 11.3. The van der Waals surface area contributed by atoms with Crippen LogP contribution in [0.1, 0.15) is 30.9 Å². The van der Waals surface area contributed by atoms with Crippen molar-refractivity contribution in [1.29, 1.82) is 0 Å². The molecule has 0 bridgehead atoms. The van der Waals surface area contributed by atoms with Crippen molar-refractivity contribution >= 4 is 12.2 Å². The molecule has 2 rings (SSSR count). The van der Waals surface area contributed by atoms with E-state index in [4.69, 9.17) is 9.84 Å². The zero-order chi connectivity index (χ0) is 15.8. The first-order chi connectivity index (χ1) is 9.70. The molecule has 1 aliphatic rings. The van der Waals surface area contributed by atoms with Gasteiger partial charge in [0, 0.05) is 5.56 Å². The molecule has 0 aliphatic carbocycles. The van der Waals surface area contributed by atoms with Crippen molar-refractivity contribution in [3.05, 3.63) is 35.1 Å². The summed E-state index contributed by atoms with van der Waals surface area (Å²) in [5.74, 6) is -0.722. The lowest BCUT2D eigenvalue weighted by atomic mass is 9.96. The van der Waals surface area contributed by atoms with Crippen molar-refractivity contribution in [1.82, 2.24) is 0 Å². The fourth-order valence-electron chi connectivity index (χ4n) is 2.09. The van der Waals surface area contributed by atoms with Crippen LogP contribution in [0.4, 0.5) is 18.0 Å². The summed E-state index contributed by atoms with van der Waals surface area (Å²) >= 11 is 0. The van der Waals surface area contributed by atoms with E-state index in [2.05, 4.69) is 4.74 Å². The number of hydrogen-bond acceptors (Lipinski definition) is 3. The van der Waals surface area contributed by atoms with E-state index >= 15 is 0 Å². The maximum atomic E-state index is 13.0. The first-order valence-electron chi connectivity index (χ1n) is 6.18. The van der Waals surface area contributed by atoms with E-state index in [0.717, 1.165) is 6.08 Å². The maximum absolute atomic E-state index is 13.0. The van der Waals surface area contributed by atoms with Crippen LogP contribution in [-0.4, -0.2) is 23.5 Å². The van der Waals surface area contributed by atoms with Gasteiger partial charge in [0.25, 0.3) is 6.10 Å². The lowest BCUT2D eigenvalue weighted by Gasteiger charge is -2.29. The standard InChI is InChI=1S/C14H13F3O4/c1-7(2)9-5-3-4-8-6-10(20-13(18)19)12(14(15,16)17)21-11(8)9/h3-7,12H,1-2H3,(H,18,19). The topological polar surface area (TPSA) is 55.8 Å². The third kappa shape index (κ3) is 3.12. The Morgan fingerprint density at radius 3 is 2.57 bits per heavy atom. The van der Waals surface area contributed by atoms with Gasteiger partial charge in [-0.1, -0.05) is 32.0 Å². The highest BCUT2D eigenvalue weighted by molar-refractivity contribution is 5.68. The predicted octanol–water partition coefficient (Wildman–Crippen LogP) is 4.17. The second kappa shape index (κ2) is 5.31. The number of carboxylic acid groups (broad SMARTS) is 1. The van der Waals surface area contributed by atoms with E-state index in [9.17, 15) is 18.0 Å². The van der Waals surface area contributed by atoms with Crippen LogP contribution < -0.4 is 4.74 Å². The normalized spacial score (nSPS) is 17.8. The lowest BCUT2D eigenvalue weighted by molar-refractivity contribution is -0.191. The Hall–Kier alpha value is -2.18. The van der Waals surface area contributed by atoms with Crippen molar-refractivity contribution in [3.8, 4) is 5.75 Å². The molecule has 1 unspecified atom stereocenters. The average Bonchev–Trinajstić information content (AvgIpc) is 2.34. The van der Waals surface area contributed by atoms with Crippen molar-refractivity contribution in [2.75, 3.05) is 0 Å². The van der Waals surface area contributed by atoms with E-state index < -0.39 is 24.2 Å². The highest BCUT2D eigenvalue weighted by Gasteiger charge is 2.48. The van der Waals surface area contributed by atoms with Gasteiger partial charge < -0.3 is 14.6 Å². The summed E-state index contributed by atoms with van der Waals surface area (Å²) in [6, 6.07) is 4.88.